The van der Waals surface area contributed by atoms with E-state index in [2.05, 4.69) is 0 Å². The highest BCUT2D eigenvalue weighted by atomic mass is 16.8. The molecule has 2 spiro atoms. The number of hydrogen-bond acceptors (Lipinski definition) is 4. The predicted octanol–water partition coefficient (Wildman–Crippen LogP) is 3.14. The van der Waals surface area contributed by atoms with Crippen molar-refractivity contribution in [3.8, 4) is 0 Å². The van der Waals surface area contributed by atoms with Crippen LogP contribution in [0.1, 0.15) is 64.2 Å². The fraction of sp³-hybridized carbons (Fsp3) is 1.00. The third-order valence-corrected chi connectivity index (χ3v) is 5.40. The standard InChI is InChI=1S/C16H26O4/c1-3-7-15(8-4-1)17-11-13(19-15)14-12-18-16(20-14)9-5-2-6-10-16/h13-14H,1-12H2/t13-,14+. The zero-order valence-electron chi connectivity index (χ0n) is 12.3. The molecule has 0 unspecified atom stereocenters. The van der Waals surface area contributed by atoms with Crippen LogP contribution in [0.2, 0.25) is 0 Å². The van der Waals surface area contributed by atoms with Crippen LogP contribution in [-0.4, -0.2) is 37.0 Å². The van der Waals surface area contributed by atoms with Crippen molar-refractivity contribution in [1.82, 2.24) is 0 Å². The van der Waals surface area contributed by atoms with Crippen molar-refractivity contribution in [2.75, 3.05) is 13.2 Å². The minimum absolute atomic E-state index is 0.0643. The fourth-order valence-corrected chi connectivity index (χ4v) is 4.23. The summed E-state index contributed by atoms with van der Waals surface area (Å²) in [5.41, 5.74) is 0. The Labute approximate surface area is 121 Å². The zero-order valence-corrected chi connectivity index (χ0v) is 12.3. The third kappa shape index (κ3) is 2.41. The van der Waals surface area contributed by atoms with Crippen molar-refractivity contribution in [2.24, 2.45) is 0 Å². The molecule has 0 amide bonds. The van der Waals surface area contributed by atoms with E-state index in [1.165, 1.54) is 38.5 Å². The summed E-state index contributed by atoms with van der Waals surface area (Å²) in [6.45, 7) is 1.34. The SMILES string of the molecule is C1CCC2(CC1)OC[C@@H]([C@H]1COC3(CCCCC3)O1)O2. The van der Waals surface area contributed by atoms with Gasteiger partial charge in [-0.2, -0.15) is 0 Å². The Kier molecular flexibility index (Phi) is 3.53. The second-order valence-corrected chi connectivity index (χ2v) is 6.88. The first-order valence-corrected chi connectivity index (χ1v) is 8.43. The maximum Gasteiger partial charge on any atom is 0.169 e. The molecule has 0 bridgehead atoms. The van der Waals surface area contributed by atoms with Gasteiger partial charge in [0.2, 0.25) is 0 Å². The van der Waals surface area contributed by atoms with Gasteiger partial charge in [-0.05, 0) is 25.7 Å². The smallest absolute Gasteiger partial charge is 0.169 e. The molecule has 4 aliphatic rings. The largest absolute Gasteiger partial charge is 0.347 e. The van der Waals surface area contributed by atoms with E-state index in [-0.39, 0.29) is 23.8 Å². The molecular formula is C16H26O4. The van der Waals surface area contributed by atoms with Gasteiger partial charge in [-0.25, -0.2) is 0 Å². The van der Waals surface area contributed by atoms with Crippen molar-refractivity contribution in [3.63, 3.8) is 0 Å². The van der Waals surface area contributed by atoms with Gasteiger partial charge in [-0.1, -0.05) is 12.8 Å². The summed E-state index contributed by atoms with van der Waals surface area (Å²) in [6.07, 6.45) is 11.8. The van der Waals surface area contributed by atoms with Crippen LogP contribution in [0.5, 0.6) is 0 Å². The molecule has 4 fully saturated rings. The Morgan fingerprint density at radius 1 is 0.550 bits per heavy atom. The molecule has 0 aromatic rings. The Morgan fingerprint density at radius 3 is 1.35 bits per heavy atom. The summed E-state index contributed by atoms with van der Waals surface area (Å²) in [7, 11) is 0. The van der Waals surface area contributed by atoms with Gasteiger partial charge in [0.25, 0.3) is 0 Å². The van der Waals surface area contributed by atoms with Gasteiger partial charge in [-0.15, -0.1) is 0 Å². The molecule has 2 aliphatic carbocycles. The van der Waals surface area contributed by atoms with E-state index in [9.17, 15) is 0 Å². The normalized spacial score (nSPS) is 39.6. The average Bonchev–Trinajstić information content (AvgIpc) is 3.07. The summed E-state index contributed by atoms with van der Waals surface area (Å²) in [4.78, 5) is 0. The molecule has 4 rings (SSSR count). The first-order valence-electron chi connectivity index (χ1n) is 8.43. The van der Waals surface area contributed by atoms with Gasteiger partial charge < -0.3 is 18.9 Å². The molecule has 2 saturated heterocycles. The van der Waals surface area contributed by atoms with Crippen LogP contribution in [0.25, 0.3) is 0 Å². The Balaban J connectivity index is 1.37. The van der Waals surface area contributed by atoms with E-state index in [0.717, 1.165) is 25.7 Å². The molecule has 0 aromatic carbocycles. The molecule has 0 radical (unpaired) electrons. The fourth-order valence-electron chi connectivity index (χ4n) is 4.23. The monoisotopic (exact) mass is 282 g/mol. The summed E-state index contributed by atoms with van der Waals surface area (Å²) in [5.74, 6) is -0.594. The number of hydrogen-bond donors (Lipinski definition) is 0. The van der Waals surface area contributed by atoms with Crippen molar-refractivity contribution in [3.05, 3.63) is 0 Å². The van der Waals surface area contributed by atoms with Gasteiger partial charge in [0.15, 0.2) is 11.6 Å². The zero-order chi connectivity index (χ0) is 13.5. The van der Waals surface area contributed by atoms with E-state index in [4.69, 9.17) is 18.9 Å². The molecule has 4 heteroatoms. The summed E-state index contributed by atoms with van der Waals surface area (Å²) in [5, 5.41) is 0. The highest BCUT2D eigenvalue weighted by molar-refractivity contribution is 4.90. The van der Waals surface area contributed by atoms with Gasteiger partial charge in [-0.3, -0.25) is 0 Å². The van der Waals surface area contributed by atoms with Crippen LogP contribution in [-0.2, 0) is 18.9 Å². The van der Waals surface area contributed by atoms with Crippen LogP contribution in [0.3, 0.4) is 0 Å². The molecular weight excluding hydrogens is 256 g/mol. The van der Waals surface area contributed by atoms with Crippen molar-refractivity contribution in [1.29, 1.82) is 0 Å². The van der Waals surface area contributed by atoms with Crippen molar-refractivity contribution in [2.45, 2.75) is 88.0 Å². The first kappa shape index (κ1) is 13.5. The Morgan fingerprint density at radius 2 is 0.950 bits per heavy atom. The molecule has 0 aromatic heterocycles. The van der Waals surface area contributed by atoms with E-state index >= 15 is 0 Å². The maximum absolute atomic E-state index is 6.28. The van der Waals surface area contributed by atoms with E-state index in [1.807, 2.05) is 0 Å². The van der Waals surface area contributed by atoms with Gasteiger partial charge in [0, 0.05) is 25.7 Å². The third-order valence-electron chi connectivity index (χ3n) is 5.40. The molecule has 2 heterocycles. The van der Waals surface area contributed by atoms with Crippen LogP contribution in [0.4, 0.5) is 0 Å². The van der Waals surface area contributed by atoms with Crippen molar-refractivity contribution < 1.29 is 18.9 Å². The number of rotatable bonds is 1. The molecule has 0 N–H and O–H groups in total. The second-order valence-electron chi connectivity index (χ2n) is 6.88. The number of ether oxygens (including phenoxy) is 4. The lowest BCUT2D eigenvalue weighted by Crippen LogP contribution is -2.39. The molecule has 4 nitrogen and oxygen atoms in total. The molecule has 114 valence electrons. The van der Waals surface area contributed by atoms with Crippen LogP contribution in [0.15, 0.2) is 0 Å². The summed E-state index contributed by atoms with van der Waals surface area (Å²) < 4.78 is 24.6. The minimum Gasteiger partial charge on any atom is -0.347 e. The van der Waals surface area contributed by atoms with Crippen LogP contribution < -0.4 is 0 Å². The molecule has 2 aliphatic heterocycles. The lowest BCUT2D eigenvalue weighted by molar-refractivity contribution is -0.216. The second kappa shape index (κ2) is 5.24. The molecule has 2 atom stereocenters. The highest BCUT2D eigenvalue weighted by Gasteiger charge is 2.50. The lowest BCUT2D eigenvalue weighted by Gasteiger charge is -2.33. The molecule has 20 heavy (non-hydrogen) atoms. The topological polar surface area (TPSA) is 36.9 Å². The quantitative estimate of drug-likeness (QED) is 0.740. The van der Waals surface area contributed by atoms with Crippen molar-refractivity contribution >= 4 is 0 Å². The van der Waals surface area contributed by atoms with Crippen LogP contribution >= 0.6 is 0 Å². The summed E-state index contributed by atoms with van der Waals surface area (Å²) >= 11 is 0. The van der Waals surface area contributed by atoms with E-state index in [0.29, 0.717) is 13.2 Å². The van der Waals surface area contributed by atoms with Crippen LogP contribution in [0, 0.1) is 0 Å². The minimum atomic E-state index is -0.297. The van der Waals surface area contributed by atoms with Gasteiger partial charge in [0.05, 0.1) is 13.2 Å². The summed E-state index contributed by atoms with van der Waals surface area (Å²) in [6, 6.07) is 0. The Hall–Kier alpha value is -0.160. The lowest BCUT2D eigenvalue weighted by atomic mass is 9.94. The van der Waals surface area contributed by atoms with E-state index < -0.39 is 0 Å². The Bertz CT molecular complexity index is 310. The predicted molar refractivity (Wildman–Crippen MR) is 73.3 cm³/mol. The molecule has 2 saturated carbocycles. The maximum atomic E-state index is 6.28. The average molecular weight is 282 g/mol. The van der Waals surface area contributed by atoms with Gasteiger partial charge >= 0.3 is 0 Å². The van der Waals surface area contributed by atoms with Gasteiger partial charge in [0.1, 0.15) is 12.2 Å². The first-order chi connectivity index (χ1) is 9.79. The highest BCUT2D eigenvalue weighted by Crippen LogP contribution is 2.43. The van der Waals surface area contributed by atoms with E-state index in [1.54, 1.807) is 0 Å².